The van der Waals surface area contributed by atoms with Crippen molar-refractivity contribution in [3.63, 3.8) is 0 Å². The lowest BCUT2D eigenvalue weighted by molar-refractivity contribution is 0.207. The number of likely N-dealkylation sites (N-methyl/N-ethyl adjacent to an activating group) is 1. The van der Waals surface area contributed by atoms with E-state index in [1.54, 1.807) is 0 Å². The fourth-order valence-corrected chi connectivity index (χ4v) is 2.83. The zero-order valence-electron chi connectivity index (χ0n) is 12.0. The molecule has 0 saturated carbocycles. The van der Waals surface area contributed by atoms with Crippen molar-refractivity contribution in [3.05, 3.63) is 48.3 Å². The lowest BCUT2D eigenvalue weighted by Crippen LogP contribution is -2.36. The summed E-state index contributed by atoms with van der Waals surface area (Å²) in [5.41, 5.74) is 2.26. The number of para-hydroxylation sites is 1. The minimum Gasteiger partial charge on any atom is -0.315 e. The second-order valence-corrected chi connectivity index (χ2v) is 5.30. The van der Waals surface area contributed by atoms with Crippen molar-refractivity contribution >= 4 is 0 Å². The van der Waals surface area contributed by atoms with E-state index in [2.05, 4.69) is 35.3 Å². The molecule has 1 unspecified atom stereocenters. The monoisotopic (exact) mass is 270 g/mol. The summed E-state index contributed by atoms with van der Waals surface area (Å²) < 4.78 is 1.95. The van der Waals surface area contributed by atoms with E-state index in [-0.39, 0.29) is 0 Å². The van der Waals surface area contributed by atoms with Crippen LogP contribution in [0.15, 0.2) is 42.6 Å². The maximum absolute atomic E-state index is 4.69. The van der Waals surface area contributed by atoms with Crippen LogP contribution in [0.5, 0.6) is 0 Å². The number of rotatable bonds is 5. The highest BCUT2D eigenvalue weighted by molar-refractivity contribution is 5.30. The normalized spacial score (nSPS) is 18.8. The molecule has 1 aromatic heterocycles. The second-order valence-electron chi connectivity index (χ2n) is 5.30. The quantitative estimate of drug-likeness (QED) is 0.903. The van der Waals surface area contributed by atoms with Crippen LogP contribution < -0.4 is 5.32 Å². The Morgan fingerprint density at radius 3 is 2.85 bits per heavy atom. The Balaban J connectivity index is 1.70. The molecular formula is C16H22N4. The summed E-state index contributed by atoms with van der Waals surface area (Å²) in [4.78, 5) is 2.51. The molecule has 20 heavy (non-hydrogen) atoms. The van der Waals surface area contributed by atoms with E-state index in [1.165, 1.54) is 6.42 Å². The summed E-state index contributed by atoms with van der Waals surface area (Å²) in [7, 11) is 0. The van der Waals surface area contributed by atoms with Crippen molar-refractivity contribution in [2.24, 2.45) is 0 Å². The van der Waals surface area contributed by atoms with Crippen LogP contribution in [-0.2, 0) is 6.54 Å². The van der Waals surface area contributed by atoms with Gasteiger partial charge in [0.05, 0.1) is 11.4 Å². The summed E-state index contributed by atoms with van der Waals surface area (Å²) in [6.07, 6.45) is 3.29. The van der Waals surface area contributed by atoms with E-state index < -0.39 is 0 Å². The lowest BCUT2D eigenvalue weighted by atomic mass is 10.2. The van der Waals surface area contributed by atoms with Crippen LogP contribution in [0, 0.1) is 0 Å². The van der Waals surface area contributed by atoms with Crippen molar-refractivity contribution in [2.45, 2.75) is 25.9 Å². The van der Waals surface area contributed by atoms with Gasteiger partial charge in [0.2, 0.25) is 0 Å². The van der Waals surface area contributed by atoms with Gasteiger partial charge in [-0.05, 0) is 37.7 Å². The second kappa shape index (κ2) is 6.20. The summed E-state index contributed by atoms with van der Waals surface area (Å²) >= 11 is 0. The van der Waals surface area contributed by atoms with Gasteiger partial charge in [0.15, 0.2) is 0 Å². The predicted molar refractivity (Wildman–Crippen MR) is 80.9 cm³/mol. The summed E-state index contributed by atoms with van der Waals surface area (Å²) in [5.74, 6) is 0. The molecule has 0 radical (unpaired) electrons. The van der Waals surface area contributed by atoms with Gasteiger partial charge in [0.25, 0.3) is 0 Å². The molecule has 1 aliphatic rings. The minimum absolute atomic E-state index is 0.655. The van der Waals surface area contributed by atoms with Crippen LogP contribution in [-0.4, -0.2) is 40.4 Å². The molecule has 1 atom stereocenters. The van der Waals surface area contributed by atoms with Crippen molar-refractivity contribution in [1.82, 2.24) is 20.0 Å². The fraction of sp³-hybridized carbons (Fsp3) is 0.438. The number of benzene rings is 1. The predicted octanol–water partition coefficient (Wildman–Crippen LogP) is 2.06. The van der Waals surface area contributed by atoms with Crippen LogP contribution in [0.3, 0.4) is 0 Å². The molecule has 1 aromatic carbocycles. The number of nitrogens with one attached hydrogen (secondary N) is 1. The molecule has 0 spiro atoms. The molecule has 1 saturated heterocycles. The van der Waals surface area contributed by atoms with Crippen LogP contribution in [0.25, 0.3) is 5.69 Å². The van der Waals surface area contributed by atoms with Gasteiger partial charge in [-0.15, -0.1) is 0 Å². The van der Waals surface area contributed by atoms with E-state index >= 15 is 0 Å². The molecular weight excluding hydrogens is 248 g/mol. The number of nitrogens with zero attached hydrogens (tertiary/aromatic N) is 3. The van der Waals surface area contributed by atoms with Gasteiger partial charge in [0.1, 0.15) is 0 Å². The van der Waals surface area contributed by atoms with Crippen molar-refractivity contribution in [3.8, 4) is 5.69 Å². The molecule has 2 aromatic rings. The first-order chi connectivity index (χ1) is 9.86. The highest BCUT2D eigenvalue weighted by atomic mass is 15.3. The van der Waals surface area contributed by atoms with E-state index in [0.717, 1.165) is 37.6 Å². The molecule has 0 aliphatic carbocycles. The Morgan fingerprint density at radius 1 is 1.30 bits per heavy atom. The Bertz CT molecular complexity index is 528. The third kappa shape index (κ3) is 2.92. The molecule has 2 heterocycles. The maximum Gasteiger partial charge on any atom is 0.0769 e. The highest BCUT2D eigenvalue weighted by Gasteiger charge is 2.21. The van der Waals surface area contributed by atoms with Gasteiger partial charge >= 0.3 is 0 Å². The molecule has 1 aliphatic heterocycles. The van der Waals surface area contributed by atoms with Gasteiger partial charge < -0.3 is 5.32 Å². The van der Waals surface area contributed by atoms with Gasteiger partial charge in [-0.1, -0.05) is 25.1 Å². The van der Waals surface area contributed by atoms with Gasteiger partial charge in [-0.3, -0.25) is 4.90 Å². The van der Waals surface area contributed by atoms with Crippen molar-refractivity contribution < 1.29 is 0 Å². The molecule has 1 fully saturated rings. The number of hydrogen-bond donors (Lipinski definition) is 1. The molecule has 106 valence electrons. The Morgan fingerprint density at radius 2 is 2.15 bits per heavy atom. The van der Waals surface area contributed by atoms with Crippen LogP contribution >= 0.6 is 0 Å². The SMILES string of the molecule is CCN(Cc1ccn(-c2ccccc2)n1)C1CCNC1. The third-order valence-electron chi connectivity index (χ3n) is 3.99. The molecule has 1 N–H and O–H groups in total. The summed E-state index contributed by atoms with van der Waals surface area (Å²) in [6, 6.07) is 13.0. The van der Waals surface area contributed by atoms with Crippen LogP contribution in [0.4, 0.5) is 0 Å². The maximum atomic E-state index is 4.69. The molecule has 4 nitrogen and oxygen atoms in total. The van der Waals surface area contributed by atoms with E-state index in [1.807, 2.05) is 29.1 Å². The largest absolute Gasteiger partial charge is 0.315 e. The van der Waals surface area contributed by atoms with E-state index in [9.17, 15) is 0 Å². The van der Waals surface area contributed by atoms with Crippen molar-refractivity contribution in [2.75, 3.05) is 19.6 Å². The standard InChI is InChI=1S/C16H22N4/c1-2-19(16-8-10-17-12-16)13-14-9-11-20(18-14)15-6-4-3-5-7-15/h3-7,9,11,16-17H,2,8,10,12-13H2,1H3. The first kappa shape index (κ1) is 13.3. The van der Waals surface area contributed by atoms with E-state index in [4.69, 9.17) is 5.10 Å². The molecule has 0 bridgehead atoms. The topological polar surface area (TPSA) is 33.1 Å². The first-order valence-corrected chi connectivity index (χ1v) is 7.41. The third-order valence-corrected chi connectivity index (χ3v) is 3.99. The van der Waals surface area contributed by atoms with Gasteiger partial charge in [-0.2, -0.15) is 5.10 Å². The van der Waals surface area contributed by atoms with Gasteiger partial charge in [-0.25, -0.2) is 4.68 Å². The van der Waals surface area contributed by atoms with Crippen LogP contribution in [0.2, 0.25) is 0 Å². The van der Waals surface area contributed by atoms with Crippen LogP contribution in [0.1, 0.15) is 19.0 Å². The minimum atomic E-state index is 0.655. The highest BCUT2D eigenvalue weighted by Crippen LogP contribution is 2.13. The number of aromatic nitrogens is 2. The summed E-state index contributed by atoms with van der Waals surface area (Å²) in [5, 5.41) is 8.13. The van der Waals surface area contributed by atoms with Crippen molar-refractivity contribution in [1.29, 1.82) is 0 Å². The zero-order chi connectivity index (χ0) is 13.8. The first-order valence-electron chi connectivity index (χ1n) is 7.41. The summed E-state index contributed by atoms with van der Waals surface area (Å²) in [6.45, 7) is 6.48. The molecule has 0 amide bonds. The smallest absolute Gasteiger partial charge is 0.0769 e. The lowest BCUT2D eigenvalue weighted by Gasteiger charge is -2.25. The van der Waals surface area contributed by atoms with E-state index in [0.29, 0.717) is 6.04 Å². The fourth-order valence-electron chi connectivity index (χ4n) is 2.83. The Labute approximate surface area is 120 Å². The molecule has 3 rings (SSSR count). The Hall–Kier alpha value is -1.65. The van der Waals surface area contributed by atoms with Gasteiger partial charge in [0, 0.05) is 25.3 Å². The Kier molecular flexibility index (Phi) is 4.14. The molecule has 4 heteroatoms. The average Bonchev–Trinajstić information content (AvgIpc) is 3.17. The number of hydrogen-bond acceptors (Lipinski definition) is 3. The average molecular weight is 270 g/mol. The zero-order valence-corrected chi connectivity index (χ0v) is 12.0.